The van der Waals surface area contributed by atoms with E-state index in [1.165, 1.54) is 0 Å². The second kappa shape index (κ2) is 8.45. The van der Waals surface area contributed by atoms with E-state index in [-0.39, 0.29) is 6.61 Å². The van der Waals surface area contributed by atoms with Gasteiger partial charge in [-0.2, -0.15) is 5.26 Å². The number of fused-ring (bicyclic) bond motifs is 1. The van der Waals surface area contributed by atoms with E-state index in [1.54, 1.807) is 13.2 Å². The van der Waals surface area contributed by atoms with Crippen LogP contribution in [0.1, 0.15) is 11.1 Å². The van der Waals surface area contributed by atoms with E-state index in [0.29, 0.717) is 17.1 Å². The topological polar surface area (TPSA) is 42.2 Å². The number of terminal acetylenes is 1. The smallest absolute Gasteiger partial charge is 0.163 e. The van der Waals surface area contributed by atoms with Crippen LogP contribution >= 0.6 is 15.9 Å². The van der Waals surface area contributed by atoms with Gasteiger partial charge in [-0.15, -0.1) is 6.42 Å². The summed E-state index contributed by atoms with van der Waals surface area (Å²) in [5.74, 6) is 3.53. The van der Waals surface area contributed by atoms with Crippen molar-refractivity contribution in [3.05, 3.63) is 70.2 Å². The molecule has 0 spiro atoms. The third kappa shape index (κ3) is 4.14. The average molecular weight is 418 g/mol. The van der Waals surface area contributed by atoms with Crippen molar-refractivity contribution < 1.29 is 9.47 Å². The van der Waals surface area contributed by atoms with Crippen LogP contribution in [0.25, 0.3) is 22.4 Å². The number of methoxy groups -OCH3 is 1. The highest BCUT2D eigenvalue weighted by Gasteiger charge is 2.11. The Kier molecular flexibility index (Phi) is 5.81. The third-order valence-electron chi connectivity index (χ3n) is 4.07. The van der Waals surface area contributed by atoms with Gasteiger partial charge in [-0.25, -0.2) is 0 Å². The van der Waals surface area contributed by atoms with Crippen LogP contribution in [-0.4, -0.2) is 13.7 Å². The molecule has 0 N–H and O–H groups in total. The molecular weight excluding hydrogens is 402 g/mol. The van der Waals surface area contributed by atoms with E-state index in [9.17, 15) is 5.26 Å². The number of hydrogen-bond donors (Lipinski definition) is 0. The van der Waals surface area contributed by atoms with E-state index in [2.05, 4.69) is 27.9 Å². The SMILES string of the molecule is C#CCOc1cc(Br)c(/C=C(/C#N)c2ccc3ccccc3c2)cc1OC. The molecule has 0 bridgehead atoms. The first-order valence-corrected chi connectivity index (χ1v) is 9.00. The molecule has 3 nitrogen and oxygen atoms in total. The first kappa shape index (κ1) is 18.6. The van der Waals surface area contributed by atoms with Gasteiger partial charge in [0.15, 0.2) is 11.5 Å². The van der Waals surface area contributed by atoms with Crippen LogP contribution in [0, 0.1) is 23.7 Å². The fourth-order valence-corrected chi connectivity index (χ4v) is 3.18. The van der Waals surface area contributed by atoms with Gasteiger partial charge in [0.2, 0.25) is 0 Å². The van der Waals surface area contributed by atoms with E-state index in [4.69, 9.17) is 15.9 Å². The lowest BCUT2D eigenvalue weighted by Crippen LogP contribution is -1.97. The highest BCUT2D eigenvalue weighted by molar-refractivity contribution is 9.10. The molecule has 0 aliphatic heterocycles. The fraction of sp³-hybridized carbons (Fsp3) is 0.0870. The zero-order valence-electron chi connectivity index (χ0n) is 14.7. The van der Waals surface area contributed by atoms with Gasteiger partial charge in [0.1, 0.15) is 6.61 Å². The van der Waals surface area contributed by atoms with Crippen LogP contribution in [0.2, 0.25) is 0 Å². The first-order chi connectivity index (χ1) is 13.2. The minimum atomic E-state index is 0.151. The second-order valence-electron chi connectivity index (χ2n) is 5.75. The van der Waals surface area contributed by atoms with Crippen LogP contribution in [0.5, 0.6) is 11.5 Å². The summed E-state index contributed by atoms with van der Waals surface area (Å²) in [5, 5.41) is 11.9. The predicted octanol–water partition coefficient (Wildman–Crippen LogP) is 5.69. The molecule has 0 fully saturated rings. The maximum atomic E-state index is 9.69. The van der Waals surface area contributed by atoms with Gasteiger partial charge in [-0.05, 0) is 46.2 Å². The Labute approximate surface area is 167 Å². The molecule has 4 heteroatoms. The molecule has 0 amide bonds. The quantitative estimate of drug-likeness (QED) is 0.304. The maximum absolute atomic E-state index is 9.69. The molecule has 27 heavy (non-hydrogen) atoms. The lowest BCUT2D eigenvalue weighted by molar-refractivity contribution is 0.330. The molecular formula is C23H16BrNO2. The molecule has 0 saturated heterocycles. The van der Waals surface area contributed by atoms with Crippen LogP contribution in [0.15, 0.2) is 59.1 Å². The number of hydrogen-bond acceptors (Lipinski definition) is 3. The van der Waals surface area contributed by atoms with Gasteiger partial charge in [-0.1, -0.05) is 58.2 Å². The molecule has 3 aromatic rings. The van der Waals surface area contributed by atoms with Crippen LogP contribution in [-0.2, 0) is 0 Å². The Hall–Kier alpha value is -3.21. The molecule has 0 atom stereocenters. The Bertz CT molecular complexity index is 1100. The average Bonchev–Trinajstić information content (AvgIpc) is 2.71. The summed E-state index contributed by atoms with van der Waals surface area (Å²) in [4.78, 5) is 0. The number of benzene rings is 3. The highest BCUT2D eigenvalue weighted by Crippen LogP contribution is 2.35. The van der Waals surface area contributed by atoms with Crippen molar-refractivity contribution in [3.63, 3.8) is 0 Å². The molecule has 132 valence electrons. The van der Waals surface area contributed by atoms with Gasteiger partial charge in [0.25, 0.3) is 0 Å². The number of halogens is 1. The highest BCUT2D eigenvalue weighted by atomic mass is 79.9. The van der Waals surface area contributed by atoms with Crippen molar-refractivity contribution in [3.8, 4) is 29.9 Å². The lowest BCUT2D eigenvalue weighted by atomic mass is 10.00. The number of allylic oxidation sites excluding steroid dienone is 1. The summed E-state index contributed by atoms with van der Waals surface area (Å²) in [6, 6.07) is 19.9. The summed E-state index contributed by atoms with van der Waals surface area (Å²) in [6.45, 7) is 0.151. The summed E-state index contributed by atoms with van der Waals surface area (Å²) < 4.78 is 11.7. The number of nitriles is 1. The lowest BCUT2D eigenvalue weighted by Gasteiger charge is -2.11. The standard InChI is InChI=1S/C23H16BrNO2/c1-3-10-27-23-14-21(24)19(13-22(23)26-2)12-20(15-25)18-9-8-16-6-4-5-7-17(16)11-18/h1,4-9,11-14H,10H2,2H3/b20-12-. The third-order valence-corrected chi connectivity index (χ3v) is 4.76. The molecule has 0 radical (unpaired) electrons. The monoisotopic (exact) mass is 417 g/mol. The van der Waals surface area contributed by atoms with Crippen LogP contribution in [0.4, 0.5) is 0 Å². The Morgan fingerprint density at radius 3 is 2.59 bits per heavy atom. The van der Waals surface area contributed by atoms with Crippen molar-refractivity contribution >= 4 is 38.4 Å². The molecule has 0 aromatic heterocycles. The largest absolute Gasteiger partial charge is 0.493 e. The van der Waals surface area contributed by atoms with Crippen LogP contribution < -0.4 is 9.47 Å². The van der Waals surface area contributed by atoms with Crippen molar-refractivity contribution in [1.29, 1.82) is 5.26 Å². The zero-order valence-corrected chi connectivity index (χ0v) is 16.3. The van der Waals surface area contributed by atoms with E-state index < -0.39 is 0 Å². The Balaban J connectivity index is 2.04. The van der Waals surface area contributed by atoms with Gasteiger partial charge in [-0.3, -0.25) is 0 Å². The fourth-order valence-electron chi connectivity index (χ4n) is 2.75. The van der Waals surface area contributed by atoms with E-state index in [0.717, 1.165) is 26.4 Å². The minimum absolute atomic E-state index is 0.151. The van der Waals surface area contributed by atoms with Crippen molar-refractivity contribution in [2.24, 2.45) is 0 Å². The maximum Gasteiger partial charge on any atom is 0.163 e. The van der Waals surface area contributed by atoms with Crippen molar-refractivity contribution in [2.45, 2.75) is 0 Å². The normalized spacial score (nSPS) is 10.9. The predicted molar refractivity (Wildman–Crippen MR) is 112 cm³/mol. The number of nitrogens with zero attached hydrogens (tertiary/aromatic N) is 1. The Morgan fingerprint density at radius 1 is 1.11 bits per heavy atom. The molecule has 0 saturated carbocycles. The number of ether oxygens (including phenoxy) is 2. The van der Waals surface area contributed by atoms with Gasteiger partial charge in [0, 0.05) is 4.47 Å². The van der Waals surface area contributed by atoms with Crippen LogP contribution in [0.3, 0.4) is 0 Å². The van der Waals surface area contributed by atoms with Gasteiger partial charge >= 0.3 is 0 Å². The molecule has 3 rings (SSSR count). The second-order valence-corrected chi connectivity index (χ2v) is 6.60. The zero-order chi connectivity index (χ0) is 19.2. The Morgan fingerprint density at radius 2 is 1.89 bits per heavy atom. The summed E-state index contributed by atoms with van der Waals surface area (Å²) in [6.07, 6.45) is 7.07. The summed E-state index contributed by atoms with van der Waals surface area (Å²) in [7, 11) is 1.56. The van der Waals surface area contributed by atoms with E-state index >= 15 is 0 Å². The molecule has 0 heterocycles. The molecule has 0 aliphatic carbocycles. The van der Waals surface area contributed by atoms with Gasteiger partial charge in [0.05, 0.1) is 18.8 Å². The minimum Gasteiger partial charge on any atom is -0.493 e. The van der Waals surface area contributed by atoms with Crippen molar-refractivity contribution in [2.75, 3.05) is 13.7 Å². The molecule has 3 aromatic carbocycles. The number of rotatable bonds is 5. The van der Waals surface area contributed by atoms with Gasteiger partial charge < -0.3 is 9.47 Å². The van der Waals surface area contributed by atoms with E-state index in [1.807, 2.05) is 54.6 Å². The molecule has 0 unspecified atom stereocenters. The van der Waals surface area contributed by atoms with Crippen molar-refractivity contribution in [1.82, 2.24) is 0 Å². The summed E-state index contributed by atoms with van der Waals surface area (Å²) >= 11 is 3.53. The first-order valence-electron chi connectivity index (χ1n) is 8.21. The summed E-state index contributed by atoms with van der Waals surface area (Å²) in [5.41, 5.74) is 2.22. The molecule has 0 aliphatic rings.